The van der Waals surface area contributed by atoms with Gasteiger partial charge in [0.1, 0.15) is 11.7 Å². The molecule has 0 atom stereocenters. The number of likely N-dealkylation sites (tertiary alicyclic amines) is 1. The number of piperidine rings is 2. The number of nitrogens with one attached hydrogen (secondary N) is 1. The SMILES string of the molecule is CC(C)(C)OC(=O)N1CCN(CC2CCN(c3ccc(C(=O)NC4CCN(Cc5ccc(C#N)c(Cl)c5)CC4)nn3)CC2)CC1. The summed E-state index contributed by atoms with van der Waals surface area (Å²) in [6.45, 7) is 14.2. The smallest absolute Gasteiger partial charge is 0.410 e. The molecule has 2 aromatic rings. The molecule has 0 saturated carbocycles. The molecule has 1 N–H and O–H groups in total. The fourth-order valence-corrected chi connectivity index (χ4v) is 6.51. The lowest BCUT2D eigenvalue weighted by molar-refractivity contribution is 0.0130. The summed E-state index contributed by atoms with van der Waals surface area (Å²) in [7, 11) is 0. The molecule has 3 aliphatic rings. The molecule has 2 amide bonds. The monoisotopic (exact) mass is 636 g/mol. The Hall–Kier alpha value is -3.46. The van der Waals surface area contributed by atoms with Gasteiger partial charge in [-0.25, -0.2) is 4.79 Å². The highest BCUT2D eigenvalue weighted by atomic mass is 35.5. The van der Waals surface area contributed by atoms with Gasteiger partial charge < -0.3 is 19.9 Å². The first-order valence-electron chi connectivity index (χ1n) is 16.1. The van der Waals surface area contributed by atoms with Crippen LogP contribution in [-0.4, -0.2) is 107 Å². The molecule has 3 saturated heterocycles. The number of carbonyl (C=O) groups excluding carboxylic acids is 2. The number of hydrogen-bond acceptors (Lipinski definition) is 9. The van der Waals surface area contributed by atoms with Crippen molar-refractivity contribution in [2.24, 2.45) is 5.92 Å². The molecule has 3 fully saturated rings. The lowest BCUT2D eigenvalue weighted by atomic mass is 9.96. The van der Waals surface area contributed by atoms with Gasteiger partial charge in [-0.2, -0.15) is 5.26 Å². The number of nitriles is 1. The summed E-state index contributed by atoms with van der Waals surface area (Å²) in [5.74, 6) is 1.24. The molecule has 4 heterocycles. The highest BCUT2D eigenvalue weighted by Gasteiger charge is 2.29. The number of amides is 2. The van der Waals surface area contributed by atoms with Crippen molar-refractivity contribution in [1.82, 2.24) is 30.2 Å². The van der Waals surface area contributed by atoms with Crippen molar-refractivity contribution >= 4 is 29.4 Å². The van der Waals surface area contributed by atoms with Crippen LogP contribution in [-0.2, 0) is 11.3 Å². The van der Waals surface area contributed by atoms with Gasteiger partial charge in [-0.1, -0.05) is 17.7 Å². The lowest BCUT2D eigenvalue weighted by Crippen LogP contribution is -2.51. The quantitative estimate of drug-likeness (QED) is 0.478. The van der Waals surface area contributed by atoms with Gasteiger partial charge >= 0.3 is 6.09 Å². The number of aromatic nitrogens is 2. The predicted molar refractivity (Wildman–Crippen MR) is 173 cm³/mol. The molecular formula is C33H45ClN8O3. The van der Waals surface area contributed by atoms with E-state index in [1.807, 2.05) is 43.9 Å². The van der Waals surface area contributed by atoms with Crippen molar-refractivity contribution in [1.29, 1.82) is 5.26 Å². The van der Waals surface area contributed by atoms with Crippen LogP contribution in [0.25, 0.3) is 0 Å². The molecule has 12 heteroatoms. The maximum atomic E-state index is 12.9. The van der Waals surface area contributed by atoms with E-state index in [9.17, 15) is 9.59 Å². The van der Waals surface area contributed by atoms with Crippen molar-refractivity contribution in [2.75, 3.05) is 63.8 Å². The van der Waals surface area contributed by atoms with Crippen molar-refractivity contribution in [2.45, 2.75) is 64.6 Å². The average Bonchev–Trinajstić information content (AvgIpc) is 3.02. The van der Waals surface area contributed by atoms with Gasteiger partial charge in [0.2, 0.25) is 0 Å². The van der Waals surface area contributed by atoms with Crippen molar-refractivity contribution in [3.8, 4) is 6.07 Å². The van der Waals surface area contributed by atoms with E-state index >= 15 is 0 Å². The second-order valence-electron chi connectivity index (χ2n) is 13.4. The molecule has 1 aromatic heterocycles. The number of benzene rings is 1. The van der Waals surface area contributed by atoms with Gasteiger partial charge in [-0.15, -0.1) is 10.2 Å². The predicted octanol–water partition coefficient (Wildman–Crippen LogP) is 4.17. The molecule has 0 bridgehead atoms. The summed E-state index contributed by atoms with van der Waals surface area (Å²) >= 11 is 6.19. The number of rotatable bonds is 7. The molecule has 0 spiro atoms. The van der Waals surface area contributed by atoms with Crippen LogP contribution in [0.4, 0.5) is 10.6 Å². The lowest BCUT2D eigenvalue weighted by Gasteiger charge is -2.39. The fourth-order valence-electron chi connectivity index (χ4n) is 6.26. The van der Waals surface area contributed by atoms with E-state index in [0.717, 1.165) is 89.4 Å². The normalized spacial score (nSPS) is 19.3. The zero-order valence-electron chi connectivity index (χ0n) is 26.7. The van der Waals surface area contributed by atoms with E-state index in [1.54, 1.807) is 12.1 Å². The molecule has 3 aliphatic heterocycles. The van der Waals surface area contributed by atoms with Gasteiger partial charge in [0.05, 0.1) is 10.6 Å². The third-order valence-corrected chi connectivity index (χ3v) is 9.16. The molecule has 5 rings (SSSR count). The van der Waals surface area contributed by atoms with Crippen LogP contribution in [0, 0.1) is 17.2 Å². The average molecular weight is 637 g/mol. The molecule has 45 heavy (non-hydrogen) atoms. The second kappa shape index (κ2) is 14.8. The van der Waals surface area contributed by atoms with E-state index in [0.29, 0.717) is 35.3 Å². The van der Waals surface area contributed by atoms with E-state index in [2.05, 4.69) is 36.3 Å². The van der Waals surface area contributed by atoms with Crippen LogP contribution >= 0.6 is 11.6 Å². The van der Waals surface area contributed by atoms with E-state index in [4.69, 9.17) is 21.6 Å². The number of anilines is 1. The van der Waals surface area contributed by atoms with Crippen LogP contribution in [0.2, 0.25) is 5.02 Å². The molecule has 1 aromatic carbocycles. The van der Waals surface area contributed by atoms with Crippen LogP contribution in [0.1, 0.15) is 68.1 Å². The number of nitrogens with zero attached hydrogens (tertiary/aromatic N) is 7. The van der Waals surface area contributed by atoms with Gasteiger partial charge in [0.25, 0.3) is 5.91 Å². The van der Waals surface area contributed by atoms with Crippen LogP contribution in [0.3, 0.4) is 0 Å². The summed E-state index contributed by atoms with van der Waals surface area (Å²) in [5, 5.41) is 21.4. The van der Waals surface area contributed by atoms with Gasteiger partial charge in [-0.05, 0) is 82.2 Å². The Bertz CT molecular complexity index is 1350. The minimum atomic E-state index is -0.468. The topological polar surface area (TPSA) is 118 Å². The Morgan fingerprint density at radius 1 is 0.956 bits per heavy atom. The third-order valence-electron chi connectivity index (χ3n) is 8.84. The fraction of sp³-hybridized carbons (Fsp3) is 0.606. The summed E-state index contributed by atoms with van der Waals surface area (Å²) < 4.78 is 5.52. The van der Waals surface area contributed by atoms with Crippen molar-refractivity contribution < 1.29 is 14.3 Å². The Kier molecular flexibility index (Phi) is 10.8. The summed E-state index contributed by atoms with van der Waals surface area (Å²) in [5.41, 5.74) is 1.44. The number of piperazine rings is 1. The molecular weight excluding hydrogens is 592 g/mol. The summed E-state index contributed by atoms with van der Waals surface area (Å²) in [4.78, 5) is 34.1. The third kappa shape index (κ3) is 9.28. The Labute approximate surface area is 271 Å². The first-order chi connectivity index (χ1) is 21.6. The van der Waals surface area contributed by atoms with Gasteiger partial charge in [0.15, 0.2) is 11.5 Å². The molecule has 0 unspecified atom stereocenters. The van der Waals surface area contributed by atoms with E-state index in [-0.39, 0.29) is 18.0 Å². The minimum Gasteiger partial charge on any atom is -0.444 e. The maximum Gasteiger partial charge on any atom is 0.410 e. The zero-order chi connectivity index (χ0) is 32.0. The highest BCUT2D eigenvalue weighted by Crippen LogP contribution is 2.24. The summed E-state index contributed by atoms with van der Waals surface area (Å²) in [6.07, 6.45) is 3.65. The van der Waals surface area contributed by atoms with Crippen LogP contribution in [0.5, 0.6) is 0 Å². The van der Waals surface area contributed by atoms with E-state index < -0.39 is 5.60 Å². The van der Waals surface area contributed by atoms with E-state index in [1.165, 1.54) is 0 Å². The number of ether oxygens (including phenoxy) is 1. The largest absolute Gasteiger partial charge is 0.444 e. The van der Waals surface area contributed by atoms with Crippen molar-refractivity contribution in [3.05, 3.63) is 52.2 Å². The molecule has 11 nitrogen and oxygen atoms in total. The minimum absolute atomic E-state index is 0.0964. The molecule has 0 radical (unpaired) electrons. The maximum absolute atomic E-state index is 12.9. The number of halogens is 1. The number of carbonyl (C=O) groups is 2. The molecule has 242 valence electrons. The van der Waals surface area contributed by atoms with Crippen LogP contribution < -0.4 is 10.2 Å². The Morgan fingerprint density at radius 2 is 1.67 bits per heavy atom. The zero-order valence-corrected chi connectivity index (χ0v) is 27.4. The first-order valence-corrected chi connectivity index (χ1v) is 16.4. The van der Waals surface area contributed by atoms with Gasteiger partial charge in [-0.3, -0.25) is 14.6 Å². The first kappa shape index (κ1) is 32.9. The molecule has 0 aliphatic carbocycles. The standard InChI is InChI=1S/C33H45ClN8O3/c1-33(2,3)45-32(44)42-18-16-40(17-19-42)22-24-8-14-41(15-9-24)30-7-6-29(37-38-30)31(43)36-27-10-12-39(13-11-27)23-25-4-5-26(21-35)28(34)20-25/h4-7,20,24,27H,8-19,22-23H2,1-3H3,(H,36,43). The Balaban J connectivity index is 0.999. The second-order valence-corrected chi connectivity index (χ2v) is 13.8. The number of hydrogen-bond donors (Lipinski definition) is 1. The highest BCUT2D eigenvalue weighted by molar-refractivity contribution is 6.31. The summed E-state index contributed by atoms with van der Waals surface area (Å²) in [6, 6.07) is 11.4. The van der Waals surface area contributed by atoms with Crippen LogP contribution in [0.15, 0.2) is 30.3 Å². The van der Waals surface area contributed by atoms with Crippen molar-refractivity contribution in [3.63, 3.8) is 0 Å². The van der Waals surface area contributed by atoms with Gasteiger partial charge in [0, 0.05) is 71.5 Å². The Morgan fingerprint density at radius 3 is 2.27 bits per heavy atom.